The average molecular weight is 440 g/mol. The summed E-state index contributed by atoms with van der Waals surface area (Å²) in [6.45, 7) is 10.1. The highest BCUT2D eigenvalue weighted by Gasteiger charge is 2.16. The predicted molar refractivity (Wildman–Crippen MR) is 126 cm³/mol. The number of benzene rings is 2. The van der Waals surface area contributed by atoms with Crippen molar-refractivity contribution >= 4 is 40.3 Å². The van der Waals surface area contributed by atoms with Crippen LogP contribution in [0.3, 0.4) is 0 Å². The molecule has 0 aromatic heterocycles. The minimum Gasteiger partial charge on any atom is -0.377 e. The topological polar surface area (TPSA) is 49.6 Å². The first-order valence-corrected chi connectivity index (χ1v) is 10.5. The van der Waals surface area contributed by atoms with Crippen LogP contribution in [0.1, 0.15) is 37.8 Å². The second-order valence-electron chi connectivity index (χ2n) is 7.06. The Hall–Kier alpha value is -1.98. The number of nitrogens with zero attached hydrogens (tertiary/aromatic N) is 3. The van der Waals surface area contributed by atoms with Crippen LogP contribution in [0.4, 0.5) is 17.1 Å². The Morgan fingerprint density at radius 2 is 1.72 bits per heavy atom. The summed E-state index contributed by atoms with van der Waals surface area (Å²) in [6, 6.07) is 9.01. The lowest BCUT2D eigenvalue weighted by Crippen LogP contribution is -2.24. The zero-order valence-electron chi connectivity index (χ0n) is 18.1. The van der Waals surface area contributed by atoms with Crippen LogP contribution < -0.4 is 9.80 Å². The molecule has 2 aromatic carbocycles. The Labute approximate surface area is 184 Å². The van der Waals surface area contributed by atoms with Crippen LogP contribution in [0.15, 0.2) is 30.3 Å². The minimum atomic E-state index is -0.345. The molecule has 29 heavy (non-hydrogen) atoms. The van der Waals surface area contributed by atoms with Crippen molar-refractivity contribution in [3.63, 3.8) is 0 Å². The number of rotatable bonds is 7. The maximum absolute atomic E-state index is 10.7. The second-order valence-corrected chi connectivity index (χ2v) is 7.90. The maximum Gasteiger partial charge on any atom is 0.274 e. The highest BCUT2D eigenvalue weighted by Crippen LogP contribution is 2.30. The van der Waals surface area contributed by atoms with Crippen molar-refractivity contribution in [1.82, 2.24) is 0 Å². The normalized spacial score (nSPS) is 10.2. The van der Waals surface area contributed by atoms with Gasteiger partial charge in [-0.25, -0.2) is 0 Å². The number of aryl methyl sites for hydroxylation is 1. The zero-order chi connectivity index (χ0) is 22.1. The third-order valence-corrected chi connectivity index (χ3v) is 5.20. The monoisotopic (exact) mass is 439 g/mol. The van der Waals surface area contributed by atoms with Crippen molar-refractivity contribution in [3.05, 3.63) is 61.6 Å². The molecule has 2 rings (SSSR count). The fourth-order valence-electron chi connectivity index (χ4n) is 3.25. The third-order valence-electron chi connectivity index (χ3n) is 4.66. The van der Waals surface area contributed by atoms with E-state index in [1.807, 2.05) is 38.1 Å². The zero-order valence-corrected chi connectivity index (χ0v) is 19.6. The number of nitro benzene ring substituents is 1. The van der Waals surface area contributed by atoms with E-state index in [4.69, 9.17) is 23.2 Å². The van der Waals surface area contributed by atoms with Gasteiger partial charge in [0.2, 0.25) is 0 Å². The molecule has 160 valence electrons. The van der Waals surface area contributed by atoms with Crippen LogP contribution >= 0.6 is 23.2 Å². The van der Waals surface area contributed by atoms with E-state index in [-0.39, 0.29) is 10.6 Å². The highest BCUT2D eigenvalue weighted by molar-refractivity contribution is 6.36. The smallest absolute Gasteiger partial charge is 0.274 e. The van der Waals surface area contributed by atoms with Crippen LogP contribution in [0.2, 0.25) is 10.0 Å². The lowest BCUT2D eigenvalue weighted by molar-refractivity contribution is -0.385. The van der Waals surface area contributed by atoms with E-state index in [0.29, 0.717) is 5.02 Å². The van der Waals surface area contributed by atoms with Crippen LogP contribution in [0, 0.1) is 24.0 Å². The van der Waals surface area contributed by atoms with E-state index in [1.54, 1.807) is 25.1 Å². The van der Waals surface area contributed by atoms with Gasteiger partial charge in [0.15, 0.2) is 0 Å². The van der Waals surface area contributed by atoms with Crippen molar-refractivity contribution in [2.75, 3.05) is 37.0 Å². The Balaban J connectivity index is 0.000000291. The number of halogens is 2. The van der Waals surface area contributed by atoms with Gasteiger partial charge in [-0.05, 0) is 51.0 Å². The molecular weight excluding hydrogens is 409 g/mol. The molecule has 0 saturated carbocycles. The lowest BCUT2D eigenvalue weighted by Gasteiger charge is -2.24. The maximum atomic E-state index is 10.7. The lowest BCUT2D eigenvalue weighted by atomic mass is 10.1. The molecule has 0 aliphatic rings. The van der Waals surface area contributed by atoms with Gasteiger partial charge in [-0.2, -0.15) is 0 Å². The van der Waals surface area contributed by atoms with Crippen molar-refractivity contribution in [3.8, 4) is 0 Å². The van der Waals surface area contributed by atoms with E-state index in [2.05, 4.69) is 18.7 Å². The molecule has 0 amide bonds. The summed E-state index contributed by atoms with van der Waals surface area (Å²) >= 11 is 12.0. The fraction of sp³-hybridized carbons (Fsp3) is 0.455. The third kappa shape index (κ3) is 7.09. The summed E-state index contributed by atoms with van der Waals surface area (Å²) in [4.78, 5) is 14.5. The SMILES string of the molecule is CCCCN(CC)c1ccc(Cl)cc1Cl.Cc1ccc([N+](=O)[O-])c(C)c1N(C)C. The number of nitro groups is 1. The number of hydrogen-bond donors (Lipinski definition) is 0. The fourth-order valence-corrected chi connectivity index (χ4v) is 3.77. The Bertz CT molecular complexity index is 826. The second kappa shape index (κ2) is 11.9. The summed E-state index contributed by atoms with van der Waals surface area (Å²) in [5, 5.41) is 12.1. The Kier molecular flexibility index (Phi) is 10.3. The average Bonchev–Trinajstić information content (AvgIpc) is 2.63. The molecule has 5 nitrogen and oxygen atoms in total. The van der Waals surface area contributed by atoms with Crippen molar-refractivity contribution in [2.24, 2.45) is 0 Å². The van der Waals surface area contributed by atoms with Gasteiger partial charge < -0.3 is 9.80 Å². The van der Waals surface area contributed by atoms with E-state index >= 15 is 0 Å². The predicted octanol–water partition coefficient (Wildman–Crippen LogP) is 6.90. The quantitative estimate of drug-likeness (QED) is 0.347. The Morgan fingerprint density at radius 1 is 1.07 bits per heavy atom. The first kappa shape index (κ1) is 25.1. The number of hydrogen-bond acceptors (Lipinski definition) is 4. The molecule has 7 heteroatoms. The molecular formula is C22H31Cl2N3O2. The van der Waals surface area contributed by atoms with Crippen LogP contribution in [0.25, 0.3) is 0 Å². The van der Waals surface area contributed by atoms with E-state index in [0.717, 1.165) is 40.6 Å². The molecule has 0 N–H and O–H groups in total. The molecule has 0 bridgehead atoms. The Morgan fingerprint density at radius 3 is 2.21 bits per heavy atom. The molecule has 0 atom stereocenters. The molecule has 0 aliphatic heterocycles. The van der Waals surface area contributed by atoms with Gasteiger partial charge in [0.1, 0.15) is 0 Å². The summed E-state index contributed by atoms with van der Waals surface area (Å²) in [7, 11) is 3.78. The first-order chi connectivity index (χ1) is 13.6. The molecule has 0 spiro atoms. The summed E-state index contributed by atoms with van der Waals surface area (Å²) in [6.07, 6.45) is 2.38. The van der Waals surface area contributed by atoms with Gasteiger partial charge in [0, 0.05) is 44.0 Å². The largest absolute Gasteiger partial charge is 0.377 e. The van der Waals surface area contributed by atoms with Gasteiger partial charge in [-0.1, -0.05) is 42.6 Å². The van der Waals surface area contributed by atoms with Gasteiger partial charge in [-0.3, -0.25) is 10.1 Å². The summed E-state index contributed by atoms with van der Waals surface area (Å²) in [5.74, 6) is 0. The summed E-state index contributed by atoms with van der Waals surface area (Å²) in [5.41, 5.74) is 3.97. The first-order valence-electron chi connectivity index (χ1n) is 9.75. The van der Waals surface area contributed by atoms with Crippen LogP contribution in [0.5, 0.6) is 0 Å². The molecule has 0 unspecified atom stereocenters. The number of unbranched alkanes of at least 4 members (excludes halogenated alkanes) is 1. The molecule has 2 aromatic rings. The van der Waals surface area contributed by atoms with E-state index in [1.165, 1.54) is 12.8 Å². The van der Waals surface area contributed by atoms with Crippen molar-refractivity contribution in [1.29, 1.82) is 0 Å². The molecule has 0 aliphatic carbocycles. The van der Waals surface area contributed by atoms with Crippen molar-refractivity contribution < 1.29 is 4.92 Å². The van der Waals surface area contributed by atoms with Crippen molar-refractivity contribution in [2.45, 2.75) is 40.5 Å². The van der Waals surface area contributed by atoms with E-state index in [9.17, 15) is 10.1 Å². The van der Waals surface area contributed by atoms with Crippen LogP contribution in [-0.4, -0.2) is 32.1 Å². The molecule has 0 saturated heterocycles. The van der Waals surface area contributed by atoms with Gasteiger partial charge in [0.25, 0.3) is 5.69 Å². The highest BCUT2D eigenvalue weighted by atomic mass is 35.5. The van der Waals surface area contributed by atoms with Gasteiger partial charge in [0.05, 0.1) is 21.2 Å². The van der Waals surface area contributed by atoms with Gasteiger partial charge >= 0.3 is 0 Å². The standard InChI is InChI=1S/C12H17Cl2N.C10H14N2O2/c1-3-5-8-15(4-2)12-7-6-10(13)9-11(12)14;1-7-5-6-9(12(13)14)8(2)10(7)11(3)4/h6-7,9H,3-5,8H2,1-2H3;5-6H,1-4H3. The van der Waals surface area contributed by atoms with E-state index < -0.39 is 0 Å². The summed E-state index contributed by atoms with van der Waals surface area (Å²) < 4.78 is 0. The molecule has 0 fully saturated rings. The number of anilines is 2. The molecule has 0 heterocycles. The minimum absolute atomic E-state index is 0.180. The molecule has 0 radical (unpaired) electrons. The van der Waals surface area contributed by atoms with Crippen LogP contribution in [-0.2, 0) is 0 Å². The van der Waals surface area contributed by atoms with Gasteiger partial charge in [-0.15, -0.1) is 0 Å².